The molecule has 140 valence electrons. The molecule has 0 aliphatic rings. The van der Waals surface area contributed by atoms with Crippen LogP contribution in [0.1, 0.15) is 51.7 Å². The smallest absolute Gasteiger partial charge is 0.265 e. The molecule has 0 radical (unpaired) electrons. The molecule has 0 aromatic heterocycles. The van der Waals surface area contributed by atoms with E-state index >= 15 is 0 Å². The predicted molar refractivity (Wildman–Crippen MR) is 106 cm³/mol. The second-order valence-corrected chi connectivity index (χ2v) is 7.14. The van der Waals surface area contributed by atoms with Gasteiger partial charge in [0.25, 0.3) is 5.91 Å². The fourth-order valence-corrected chi connectivity index (χ4v) is 2.60. The molecular weight excluding hydrogens is 326 g/mol. The molecule has 0 saturated heterocycles. The molecule has 2 aromatic rings. The molecule has 4 nitrogen and oxygen atoms in total. The first-order chi connectivity index (χ1) is 12.3. The van der Waals surface area contributed by atoms with Crippen LogP contribution in [0.3, 0.4) is 0 Å². The maximum Gasteiger partial charge on any atom is 0.265 e. The molecule has 0 saturated carbocycles. The zero-order valence-electron chi connectivity index (χ0n) is 16.5. The quantitative estimate of drug-likeness (QED) is 0.732. The highest BCUT2D eigenvalue weighted by atomic mass is 16.5. The SMILES string of the molecule is Cc1ccc(C(C)C)c(O[C@@H](C)C(=O)Nc2ccc(OC(C)C)cc2)c1. The van der Waals surface area contributed by atoms with E-state index in [0.29, 0.717) is 5.92 Å². The van der Waals surface area contributed by atoms with E-state index in [0.717, 1.165) is 28.3 Å². The predicted octanol–water partition coefficient (Wildman–Crippen LogP) is 5.31. The zero-order chi connectivity index (χ0) is 19.3. The van der Waals surface area contributed by atoms with Crippen molar-refractivity contribution in [1.82, 2.24) is 0 Å². The number of anilines is 1. The van der Waals surface area contributed by atoms with Gasteiger partial charge in [0.1, 0.15) is 11.5 Å². The van der Waals surface area contributed by atoms with Crippen LogP contribution < -0.4 is 14.8 Å². The van der Waals surface area contributed by atoms with Crippen LogP contribution in [0.15, 0.2) is 42.5 Å². The first-order valence-electron chi connectivity index (χ1n) is 9.11. The lowest BCUT2D eigenvalue weighted by Gasteiger charge is -2.19. The standard InChI is InChI=1S/C22H29NO3/c1-14(2)20-12-7-16(5)13-21(20)26-17(6)22(24)23-18-8-10-19(11-9-18)25-15(3)4/h7-15,17H,1-6H3,(H,23,24)/t17-/m0/s1. The fraction of sp³-hybridized carbons (Fsp3) is 0.409. The number of hydrogen-bond donors (Lipinski definition) is 1. The number of rotatable bonds is 7. The summed E-state index contributed by atoms with van der Waals surface area (Å²) in [7, 11) is 0. The van der Waals surface area contributed by atoms with E-state index in [4.69, 9.17) is 9.47 Å². The lowest BCUT2D eigenvalue weighted by molar-refractivity contribution is -0.122. The number of hydrogen-bond acceptors (Lipinski definition) is 3. The van der Waals surface area contributed by atoms with Crippen LogP contribution in [0, 0.1) is 6.92 Å². The lowest BCUT2D eigenvalue weighted by atomic mass is 10.0. The Morgan fingerprint density at radius 3 is 2.15 bits per heavy atom. The van der Waals surface area contributed by atoms with Crippen molar-refractivity contribution in [2.24, 2.45) is 0 Å². The van der Waals surface area contributed by atoms with E-state index in [1.165, 1.54) is 0 Å². The van der Waals surface area contributed by atoms with Crippen molar-refractivity contribution in [2.45, 2.75) is 59.7 Å². The van der Waals surface area contributed by atoms with E-state index in [1.807, 2.05) is 51.1 Å². The first kappa shape index (κ1) is 19.8. The van der Waals surface area contributed by atoms with Crippen LogP contribution in [-0.2, 0) is 4.79 Å². The average Bonchev–Trinajstić information content (AvgIpc) is 2.55. The van der Waals surface area contributed by atoms with Crippen LogP contribution >= 0.6 is 0 Å². The topological polar surface area (TPSA) is 47.6 Å². The maximum absolute atomic E-state index is 12.5. The number of ether oxygens (including phenoxy) is 2. The van der Waals surface area contributed by atoms with Gasteiger partial charge in [-0.2, -0.15) is 0 Å². The van der Waals surface area contributed by atoms with Gasteiger partial charge >= 0.3 is 0 Å². The van der Waals surface area contributed by atoms with Gasteiger partial charge in [0.2, 0.25) is 0 Å². The molecule has 26 heavy (non-hydrogen) atoms. The molecule has 0 heterocycles. The van der Waals surface area contributed by atoms with Crippen LogP contribution in [0.4, 0.5) is 5.69 Å². The van der Waals surface area contributed by atoms with Gasteiger partial charge in [-0.1, -0.05) is 26.0 Å². The molecule has 0 bridgehead atoms. The summed E-state index contributed by atoms with van der Waals surface area (Å²) in [6.07, 6.45) is -0.478. The Hall–Kier alpha value is -2.49. The summed E-state index contributed by atoms with van der Waals surface area (Å²) < 4.78 is 11.6. The summed E-state index contributed by atoms with van der Waals surface area (Å²) >= 11 is 0. The van der Waals surface area contributed by atoms with Crippen molar-refractivity contribution < 1.29 is 14.3 Å². The summed E-state index contributed by atoms with van der Waals surface area (Å²) in [4.78, 5) is 12.5. The second-order valence-electron chi connectivity index (χ2n) is 7.14. The molecule has 2 aromatic carbocycles. The highest BCUT2D eigenvalue weighted by Crippen LogP contribution is 2.28. The third kappa shape index (κ3) is 5.51. The van der Waals surface area contributed by atoms with Crippen LogP contribution in [0.2, 0.25) is 0 Å². The lowest BCUT2D eigenvalue weighted by Crippen LogP contribution is -2.30. The summed E-state index contributed by atoms with van der Waals surface area (Å²) in [5, 5.41) is 2.89. The number of nitrogens with one attached hydrogen (secondary N) is 1. The minimum atomic E-state index is -0.596. The largest absolute Gasteiger partial charge is 0.491 e. The Morgan fingerprint density at radius 2 is 1.58 bits per heavy atom. The molecule has 0 fully saturated rings. The minimum Gasteiger partial charge on any atom is -0.491 e. The normalized spacial score (nSPS) is 12.2. The Balaban J connectivity index is 2.03. The number of aryl methyl sites for hydroxylation is 1. The highest BCUT2D eigenvalue weighted by Gasteiger charge is 2.18. The van der Waals surface area contributed by atoms with Crippen LogP contribution in [0.25, 0.3) is 0 Å². The average molecular weight is 355 g/mol. The van der Waals surface area contributed by atoms with Gasteiger partial charge in [-0.3, -0.25) is 4.79 Å². The van der Waals surface area contributed by atoms with Crippen LogP contribution in [0.5, 0.6) is 11.5 Å². The highest BCUT2D eigenvalue weighted by molar-refractivity contribution is 5.94. The number of benzene rings is 2. The van der Waals surface area contributed by atoms with Crippen molar-refractivity contribution in [3.8, 4) is 11.5 Å². The Kier molecular flexibility index (Phi) is 6.67. The summed E-state index contributed by atoms with van der Waals surface area (Å²) in [6.45, 7) is 12.0. The van der Waals surface area contributed by atoms with E-state index in [2.05, 4.69) is 31.3 Å². The molecule has 1 N–H and O–H groups in total. The molecule has 0 spiro atoms. The maximum atomic E-state index is 12.5. The zero-order valence-corrected chi connectivity index (χ0v) is 16.5. The van der Waals surface area contributed by atoms with Crippen molar-refractivity contribution in [3.63, 3.8) is 0 Å². The van der Waals surface area contributed by atoms with Gasteiger partial charge < -0.3 is 14.8 Å². The molecule has 1 amide bonds. The van der Waals surface area contributed by atoms with Crippen molar-refractivity contribution in [3.05, 3.63) is 53.6 Å². The van der Waals surface area contributed by atoms with Crippen LogP contribution in [-0.4, -0.2) is 18.1 Å². The van der Waals surface area contributed by atoms with E-state index in [1.54, 1.807) is 6.92 Å². The van der Waals surface area contributed by atoms with E-state index in [-0.39, 0.29) is 12.0 Å². The summed E-state index contributed by atoms with van der Waals surface area (Å²) in [6, 6.07) is 13.5. The molecule has 4 heteroatoms. The minimum absolute atomic E-state index is 0.119. The van der Waals surface area contributed by atoms with E-state index in [9.17, 15) is 4.79 Å². The molecule has 0 aliphatic heterocycles. The third-order valence-electron chi connectivity index (χ3n) is 3.96. The number of amides is 1. The summed E-state index contributed by atoms with van der Waals surface area (Å²) in [5.41, 5.74) is 2.93. The summed E-state index contributed by atoms with van der Waals surface area (Å²) in [5.74, 6) is 1.69. The van der Waals surface area contributed by atoms with Gasteiger partial charge in [-0.15, -0.1) is 0 Å². The second kappa shape index (κ2) is 8.75. The fourth-order valence-electron chi connectivity index (χ4n) is 2.60. The van der Waals surface area contributed by atoms with Gasteiger partial charge in [0.15, 0.2) is 6.10 Å². The van der Waals surface area contributed by atoms with Gasteiger partial charge in [-0.05, 0) is 75.1 Å². The van der Waals surface area contributed by atoms with E-state index < -0.39 is 6.10 Å². The van der Waals surface area contributed by atoms with Crippen molar-refractivity contribution in [2.75, 3.05) is 5.32 Å². The Bertz CT molecular complexity index is 736. The number of carbonyl (C=O) groups excluding carboxylic acids is 1. The molecular formula is C22H29NO3. The van der Waals surface area contributed by atoms with Crippen molar-refractivity contribution in [1.29, 1.82) is 0 Å². The third-order valence-corrected chi connectivity index (χ3v) is 3.96. The first-order valence-corrected chi connectivity index (χ1v) is 9.11. The monoisotopic (exact) mass is 355 g/mol. The number of carbonyl (C=O) groups is 1. The molecule has 2 rings (SSSR count). The van der Waals surface area contributed by atoms with Gasteiger partial charge in [0.05, 0.1) is 6.10 Å². The molecule has 1 atom stereocenters. The van der Waals surface area contributed by atoms with Crippen molar-refractivity contribution >= 4 is 11.6 Å². The van der Waals surface area contributed by atoms with Gasteiger partial charge in [0, 0.05) is 5.69 Å². The molecule has 0 unspecified atom stereocenters. The van der Waals surface area contributed by atoms with Gasteiger partial charge in [-0.25, -0.2) is 0 Å². The Morgan fingerprint density at radius 1 is 0.923 bits per heavy atom. The Labute approximate surface area is 156 Å². The molecule has 0 aliphatic carbocycles.